The summed E-state index contributed by atoms with van der Waals surface area (Å²) in [6, 6.07) is 0. The topological polar surface area (TPSA) is 115 Å². The van der Waals surface area contributed by atoms with E-state index in [1.165, 1.54) is 0 Å². The molecule has 59 valence electrons. The standard InChI is InChI=1S/2CH2O3.B.Ca.Mg.4H/c2*2-1(3)4;;;;;;;/h2*(H2,2,3,4);;;;;;;/q;;;2*+2;4*-1. The monoisotopic (exact) mass is 203 g/mol. The molecule has 9 heteroatoms. The van der Waals surface area contributed by atoms with Gasteiger partial charge in [-0.2, -0.15) is 0 Å². The second-order valence-corrected chi connectivity index (χ2v) is 0.565. The predicted molar refractivity (Wildman–Crippen MR) is 43.0 cm³/mol. The molecule has 0 rings (SSSR count). The third-order valence-electron chi connectivity index (χ3n) is 0. The Morgan fingerprint density at radius 2 is 0.909 bits per heavy atom. The van der Waals surface area contributed by atoms with E-state index in [9.17, 15) is 0 Å². The van der Waals surface area contributed by atoms with Gasteiger partial charge in [0.05, 0.1) is 0 Å². The van der Waals surface area contributed by atoms with E-state index in [1.807, 2.05) is 0 Å². The summed E-state index contributed by atoms with van der Waals surface area (Å²) in [5.41, 5.74) is 0. The first-order chi connectivity index (χ1) is 3.46. The molecule has 3 radical (unpaired) electrons. The Bertz CT molecular complexity index is 91.1. The van der Waals surface area contributed by atoms with Gasteiger partial charge in [-0.25, -0.2) is 9.59 Å². The van der Waals surface area contributed by atoms with E-state index in [4.69, 9.17) is 30.0 Å². The fraction of sp³-hybridized carbons (Fsp3) is 0. The zero-order valence-electron chi connectivity index (χ0n) is 9.60. The van der Waals surface area contributed by atoms with Crippen LogP contribution in [0.1, 0.15) is 5.71 Å². The van der Waals surface area contributed by atoms with E-state index in [-0.39, 0.29) is 74.9 Å². The summed E-state index contributed by atoms with van der Waals surface area (Å²) in [6.45, 7) is 0. The van der Waals surface area contributed by atoms with E-state index in [0.29, 0.717) is 0 Å². The second kappa shape index (κ2) is 22.4. The van der Waals surface area contributed by atoms with E-state index in [0.717, 1.165) is 0 Å². The smallest absolute Gasteiger partial charge is 1.00 e. The van der Waals surface area contributed by atoms with Gasteiger partial charge in [-0.1, -0.05) is 0 Å². The summed E-state index contributed by atoms with van der Waals surface area (Å²) in [6.07, 6.45) is -3.67. The van der Waals surface area contributed by atoms with Crippen LogP contribution in [0.15, 0.2) is 0 Å². The van der Waals surface area contributed by atoms with Crippen molar-refractivity contribution in [1.82, 2.24) is 0 Å². The maximum absolute atomic E-state index is 8.56. The molecular formula is C2H8BCaMgO6. The molecule has 0 unspecified atom stereocenters. The van der Waals surface area contributed by atoms with Gasteiger partial charge in [0.15, 0.2) is 0 Å². The minimum atomic E-state index is -1.83. The summed E-state index contributed by atoms with van der Waals surface area (Å²) in [5, 5.41) is 27.9. The Morgan fingerprint density at radius 3 is 0.909 bits per heavy atom. The molecule has 0 saturated heterocycles. The van der Waals surface area contributed by atoms with Crippen LogP contribution >= 0.6 is 0 Å². The molecule has 0 heterocycles. The fourth-order valence-electron chi connectivity index (χ4n) is 0. The number of rotatable bonds is 0. The zero-order chi connectivity index (χ0) is 7.15. The first kappa shape index (κ1) is 29.9. The summed E-state index contributed by atoms with van der Waals surface area (Å²) in [7, 11) is 0. The number of hydrogen-bond acceptors (Lipinski definition) is 2. The largest absolute Gasteiger partial charge is 2.00 e. The molecule has 0 aliphatic carbocycles. The fourth-order valence-corrected chi connectivity index (χ4v) is 0. The van der Waals surface area contributed by atoms with Crippen LogP contribution in [-0.4, -0.2) is 102 Å². The summed E-state index contributed by atoms with van der Waals surface area (Å²) in [5.74, 6) is 0. The van der Waals surface area contributed by atoms with Crippen LogP contribution in [0.3, 0.4) is 0 Å². The maximum atomic E-state index is 8.56. The van der Waals surface area contributed by atoms with Crippen molar-refractivity contribution in [1.29, 1.82) is 0 Å². The third-order valence-corrected chi connectivity index (χ3v) is 0. The normalized spacial score (nSPS) is 4.36. The molecule has 0 aliphatic rings. The van der Waals surface area contributed by atoms with Crippen LogP contribution < -0.4 is 0 Å². The SMILES string of the molecule is O=C(O)O.O=C(O)O.[B].[Ca+2].[H-].[H-].[H-].[H-].[Mg+2]. The summed E-state index contributed by atoms with van der Waals surface area (Å²) >= 11 is 0. The van der Waals surface area contributed by atoms with E-state index < -0.39 is 12.3 Å². The van der Waals surface area contributed by atoms with Crippen molar-refractivity contribution in [2.75, 3.05) is 0 Å². The van der Waals surface area contributed by atoms with Crippen molar-refractivity contribution in [3.8, 4) is 0 Å². The molecule has 0 atom stereocenters. The average Bonchev–Trinajstić information content (AvgIpc) is 1.25. The van der Waals surface area contributed by atoms with Gasteiger partial charge in [-0.05, 0) is 0 Å². The molecule has 0 fully saturated rings. The van der Waals surface area contributed by atoms with Crippen molar-refractivity contribution in [2.45, 2.75) is 0 Å². The Labute approximate surface area is 116 Å². The quantitative estimate of drug-likeness (QED) is 0.404. The molecule has 4 N–H and O–H groups in total. The number of carbonyl (C=O) groups is 2. The van der Waals surface area contributed by atoms with Gasteiger partial charge in [-0.3, -0.25) is 0 Å². The molecule has 0 saturated carbocycles. The molecule has 11 heavy (non-hydrogen) atoms. The van der Waals surface area contributed by atoms with E-state index in [1.54, 1.807) is 0 Å². The van der Waals surface area contributed by atoms with E-state index >= 15 is 0 Å². The molecule has 0 bridgehead atoms. The van der Waals surface area contributed by atoms with Crippen molar-refractivity contribution in [2.24, 2.45) is 0 Å². The molecule has 6 nitrogen and oxygen atoms in total. The van der Waals surface area contributed by atoms with Gasteiger partial charge >= 0.3 is 73.1 Å². The number of carboxylic acid groups (broad SMARTS) is 4. The molecule has 0 aromatic carbocycles. The van der Waals surface area contributed by atoms with Crippen LogP contribution in [0.4, 0.5) is 9.59 Å². The van der Waals surface area contributed by atoms with Gasteiger partial charge in [0, 0.05) is 8.41 Å². The molecule has 0 amide bonds. The van der Waals surface area contributed by atoms with Gasteiger partial charge < -0.3 is 26.1 Å². The molecular weight excluding hydrogens is 195 g/mol. The minimum absolute atomic E-state index is 0. The maximum Gasteiger partial charge on any atom is 2.00 e. The molecule has 0 aromatic heterocycles. The van der Waals surface area contributed by atoms with Gasteiger partial charge in [0.1, 0.15) is 0 Å². The first-order valence-corrected chi connectivity index (χ1v) is 1.30. The van der Waals surface area contributed by atoms with Crippen LogP contribution in [0.25, 0.3) is 0 Å². The first-order valence-electron chi connectivity index (χ1n) is 1.30. The minimum Gasteiger partial charge on any atom is -1.00 e. The van der Waals surface area contributed by atoms with E-state index in [2.05, 4.69) is 0 Å². The van der Waals surface area contributed by atoms with Crippen molar-refractivity contribution < 1.29 is 35.7 Å². The van der Waals surface area contributed by atoms with Crippen molar-refractivity contribution >= 4 is 81.5 Å². The molecule has 0 aliphatic heterocycles. The Hall–Kier alpha value is 0.631. The van der Waals surface area contributed by atoms with Crippen LogP contribution in [0.5, 0.6) is 0 Å². The summed E-state index contributed by atoms with van der Waals surface area (Å²) < 4.78 is 0. The third kappa shape index (κ3) is 1990. The summed E-state index contributed by atoms with van der Waals surface area (Å²) in [4.78, 5) is 17.1. The second-order valence-electron chi connectivity index (χ2n) is 0.565. The average molecular weight is 203 g/mol. The van der Waals surface area contributed by atoms with Crippen molar-refractivity contribution in [3.63, 3.8) is 0 Å². The van der Waals surface area contributed by atoms with Gasteiger partial charge in [0.2, 0.25) is 0 Å². The van der Waals surface area contributed by atoms with Crippen LogP contribution in [-0.2, 0) is 0 Å². The predicted octanol–water partition coefficient (Wildman–Crippen LogP) is -0.248. The Balaban J connectivity index is -0.00000000468. The molecule has 0 aromatic rings. The van der Waals surface area contributed by atoms with Crippen molar-refractivity contribution in [3.05, 3.63) is 0 Å². The van der Waals surface area contributed by atoms with Gasteiger partial charge in [-0.15, -0.1) is 0 Å². The van der Waals surface area contributed by atoms with Crippen LogP contribution in [0, 0.1) is 0 Å². The molecule has 0 spiro atoms. The zero-order valence-corrected chi connectivity index (χ0v) is 9.22. The van der Waals surface area contributed by atoms with Crippen LogP contribution in [0.2, 0.25) is 0 Å². The van der Waals surface area contributed by atoms with Gasteiger partial charge in [0.25, 0.3) is 0 Å². The Morgan fingerprint density at radius 1 is 0.909 bits per heavy atom. The number of hydrogen-bond donors (Lipinski definition) is 4. The Kier molecular flexibility index (Phi) is 61.0.